The Balaban J connectivity index is 1.78. The molecule has 2 heterocycles. The molecule has 0 fully saturated rings. The standard InChI is InChI=1S/C18H22N6O/c1-24(12-16-6-8-20-23-16)11-13-3-2-4-14(9-13)18-21-15(5-7-19)10-17(25)22-18/h2-4,6,8-10H,5,7,11-12,19H2,1H3,(H,20,23)(H,21,22,25). The van der Waals surface area contributed by atoms with Crippen LogP contribution in [0.1, 0.15) is 17.0 Å². The zero-order valence-corrected chi connectivity index (χ0v) is 14.2. The van der Waals surface area contributed by atoms with E-state index in [0.717, 1.165) is 29.9 Å². The maximum Gasteiger partial charge on any atom is 0.251 e. The lowest BCUT2D eigenvalue weighted by Gasteiger charge is -2.16. The van der Waals surface area contributed by atoms with Gasteiger partial charge in [-0.2, -0.15) is 5.10 Å². The molecule has 1 aromatic carbocycles. The molecule has 0 spiro atoms. The van der Waals surface area contributed by atoms with Gasteiger partial charge in [0, 0.05) is 48.7 Å². The largest absolute Gasteiger partial charge is 0.330 e. The first kappa shape index (κ1) is 17.1. The van der Waals surface area contributed by atoms with Crippen molar-refractivity contribution in [3.8, 4) is 11.4 Å². The highest BCUT2D eigenvalue weighted by molar-refractivity contribution is 5.56. The molecular weight excluding hydrogens is 316 g/mol. The molecule has 0 saturated carbocycles. The molecule has 0 aliphatic carbocycles. The van der Waals surface area contributed by atoms with E-state index in [4.69, 9.17) is 5.73 Å². The first-order valence-electron chi connectivity index (χ1n) is 8.20. The molecule has 3 aromatic rings. The minimum atomic E-state index is -0.157. The van der Waals surface area contributed by atoms with Gasteiger partial charge >= 0.3 is 0 Å². The Hall–Kier alpha value is -2.77. The summed E-state index contributed by atoms with van der Waals surface area (Å²) < 4.78 is 0. The highest BCUT2D eigenvalue weighted by Gasteiger charge is 2.07. The van der Waals surface area contributed by atoms with Crippen molar-refractivity contribution in [1.29, 1.82) is 0 Å². The van der Waals surface area contributed by atoms with Gasteiger partial charge in [0.2, 0.25) is 0 Å². The zero-order valence-electron chi connectivity index (χ0n) is 14.2. The van der Waals surface area contributed by atoms with Gasteiger partial charge in [-0.3, -0.25) is 14.8 Å². The van der Waals surface area contributed by atoms with E-state index in [-0.39, 0.29) is 5.56 Å². The van der Waals surface area contributed by atoms with Crippen molar-refractivity contribution in [2.24, 2.45) is 5.73 Å². The molecule has 0 unspecified atom stereocenters. The fourth-order valence-corrected chi connectivity index (χ4v) is 2.77. The van der Waals surface area contributed by atoms with Crippen molar-refractivity contribution in [3.63, 3.8) is 0 Å². The number of benzene rings is 1. The molecule has 0 amide bonds. The number of nitrogens with one attached hydrogen (secondary N) is 2. The summed E-state index contributed by atoms with van der Waals surface area (Å²) >= 11 is 0. The number of nitrogens with zero attached hydrogens (tertiary/aromatic N) is 3. The molecule has 3 rings (SSSR count). The number of hydrogen-bond acceptors (Lipinski definition) is 5. The third-order valence-corrected chi connectivity index (χ3v) is 3.85. The lowest BCUT2D eigenvalue weighted by atomic mass is 10.1. The molecule has 0 atom stereocenters. The summed E-state index contributed by atoms with van der Waals surface area (Å²) in [4.78, 5) is 21.4. The van der Waals surface area contributed by atoms with Gasteiger partial charge in [0.25, 0.3) is 5.56 Å². The van der Waals surface area contributed by atoms with E-state index in [1.807, 2.05) is 24.3 Å². The molecule has 7 nitrogen and oxygen atoms in total. The molecule has 2 aromatic heterocycles. The van der Waals surface area contributed by atoms with Crippen molar-refractivity contribution in [3.05, 3.63) is 69.9 Å². The first-order chi connectivity index (χ1) is 12.1. The SMILES string of the molecule is CN(Cc1cccc(-c2nc(CCN)cc(=O)[nH]2)c1)Cc1ccn[nH]1. The van der Waals surface area contributed by atoms with Gasteiger partial charge < -0.3 is 10.7 Å². The van der Waals surface area contributed by atoms with Gasteiger partial charge in [-0.25, -0.2) is 4.98 Å². The van der Waals surface area contributed by atoms with Gasteiger partial charge in [-0.1, -0.05) is 18.2 Å². The Morgan fingerprint density at radius 1 is 1.20 bits per heavy atom. The van der Waals surface area contributed by atoms with E-state index in [2.05, 4.69) is 38.2 Å². The van der Waals surface area contributed by atoms with Crippen LogP contribution in [0.25, 0.3) is 11.4 Å². The summed E-state index contributed by atoms with van der Waals surface area (Å²) in [6, 6.07) is 11.5. The number of hydrogen-bond donors (Lipinski definition) is 3. The fraction of sp³-hybridized carbons (Fsp3) is 0.278. The minimum absolute atomic E-state index is 0.157. The molecule has 0 bridgehead atoms. The second-order valence-electron chi connectivity index (χ2n) is 6.08. The summed E-state index contributed by atoms with van der Waals surface area (Å²) in [6.07, 6.45) is 2.34. The molecule has 4 N–H and O–H groups in total. The van der Waals surface area contributed by atoms with Crippen LogP contribution in [0, 0.1) is 0 Å². The summed E-state index contributed by atoms with van der Waals surface area (Å²) in [5.41, 5.74) is 9.23. The van der Waals surface area contributed by atoms with Crippen LogP contribution in [0.15, 0.2) is 47.4 Å². The molecule has 0 saturated heterocycles. The Morgan fingerprint density at radius 2 is 2.08 bits per heavy atom. The summed E-state index contributed by atoms with van der Waals surface area (Å²) in [5.74, 6) is 0.578. The highest BCUT2D eigenvalue weighted by atomic mass is 16.1. The maximum atomic E-state index is 11.8. The van der Waals surface area contributed by atoms with Crippen molar-refractivity contribution < 1.29 is 0 Å². The molecule has 0 aliphatic heterocycles. The molecule has 0 radical (unpaired) electrons. The van der Waals surface area contributed by atoms with Crippen molar-refractivity contribution in [2.75, 3.05) is 13.6 Å². The molecular formula is C18H22N6O. The van der Waals surface area contributed by atoms with Gasteiger partial charge in [-0.05, 0) is 31.3 Å². The summed E-state index contributed by atoms with van der Waals surface area (Å²) in [5, 5.41) is 6.93. The second kappa shape index (κ2) is 7.87. The van der Waals surface area contributed by atoms with Crippen LogP contribution < -0.4 is 11.3 Å². The second-order valence-corrected chi connectivity index (χ2v) is 6.08. The van der Waals surface area contributed by atoms with Gasteiger partial charge in [0.1, 0.15) is 5.82 Å². The predicted molar refractivity (Wildman–Crippen MR) is 96.8 cm³/mol. The Kier molecular flexibility index (Phi) is 5.37. The van der Waals surface area contributed by atoms with Gasteiger partial charge in [-0.15, -0.1) is 0 Å². The average Bonchev–Trinajstić information content (AvgIpc) is 3.07. The Morgan fingerprint density at radius 3 is 2.84 bits per heavy atom. The van der Waals surface area contributed by atoms with E-state index in [9.17, 15) is 4.79 Å². The number of aromatic amines is 2. The molecule has 130 valence electrons. The van der Waals surface area contributed by atoms with E-state index in [0.29, 0.717) is 24.5 Å². The Labute approximate surface area is 145 Å². The molecule has 25 heavy (non-hydrogen) atoms. The molecule has 7 heteroatoms. The monoisotopic (exact) mass is 338 g/mol. The van der Waals surface area contributed by atoms with E-state index >= 15 is 0 Å². The van der Waals surface area contributed by atoms with Gasteiger partial charge in [0.05, 0.1) is 0 Å². The smallest absolute Gasteiger partial charge is 0.251 e. The normalized spacial score (nSPS) is 11.2. The first-order valence-corrected chi connectivity index (χ1v) is 8.20. The fourth-order valence-electron chi connectivity index (χ4n) is 2.77. The molecule has 0 aliphatic rings. The van der Waals surface area contributed by atoms with Crippen LogP contribution in [0.4, 0.5) is 0 Å². The van der Waals surface area contributed by atoms with Crippen LogP contribution >= 0.6 is 0 Å². The number of rotatable bonds is 7. The van der Waals surface area contributed by atoms with E-state index in [1.165, 1.54) is 6.07 Å². The Bertz CT molecular complexity index is 871. The van der Waals surface area contributed by atoms with Crippen LogP contribution in [0.3, 0.4) is 0 Å². The van der Waals surface area contributed by atoms with Gasteiger partial charge in [0.15, 0.2) is 0 Å². The summed E-state index contributed by atoms with van der Waals surface area (Å²) in [6.45, 7) is 2.03. The highest BCUT2D eigenvalue weighted by Crippen LogP contribution is 2.17. The predicted octanol–water partition coefficient (Wildman–Crippen LogP) is 1.29. The zero-order chi connectivity index (χ0) is 17.6. The lowest BCUT2D eigenvalue weighted by Crippen LogP contribution is -2.17. The van der Waals surface area contributed by atoms with E-state index < -0.39 is 0 Å². The van der Waals surface area contributed by atoms with Crippen LogP contribution in [-0.4, -0.2) is 38.7 Å². The third-order valence-electron chi connectivity index (χ3n) is 3.85. The van der Waals surface area contributed by atoms with Crippen LogP contribution in [-0.2, 0) is 19.5 Å². The summed E-state index contributed by atoms with van der Waals surface area (Å²) in [7, 11) is 2.05. The van der Waals surface area contributed by atoms with E-state index in [1.54, 1.807) is 6.20 Å². The maximum absolute atomic E-state index is 11.8. The number of H-pyrrole nitrogens is 2. The number of nitrogens with two attached hydrogens (primary N) is 1. The number of aromatic nitrogens is 4. The van der Waals surface area contributed by atoms with Crippen molar-refractivity contribution >= 4 is 0 Å². The topological polar surface area (TPSA) is 104 Å². The third kappa shape index (κ3) is 4.62. The van der Waals surface area contributed by atoms with Crippen molar-refractivity contribution in [1.82, 2.24) is 25.1 Å². The lowest BCUT2D eigenvalue weighted by molar-refractivity contribution is 0.315. The minimum Gasteiger partial charge on any atom is -0.330 e. The average molecular weight is 338 g/mol. The van der Waals surface area contributed by atoms with Crippen molar-refractivity contribution in [2.45, 2.75) is 19.5 Å². The quantitative estimate of drug-likeness (QED) is 0.602. The van der Waals surface area contributed by atoms with Crippen LogP contribution in [0.5, 0.6) is 0 Å². The van der Waals surface area contributed by atoms with Crippen LogP contribution in [0.2, 0.25) is 0 Å².